The molecule has 0 spiro atoms. The summed E-state index contributed by atoms with van der Waals surface area (Å²) in [6, 6.07) is 10.3. The van der Waals surface area contributed by atoms with E-state index in [9.17, 15) is 0 Å². The standard InChI is InChI=1S/C16H24N2O/c1-4-16(18,12-17)9-6-10-19-15-8-5-7-14(11-15)13(2)3/h5,7-8,11,13H,4,6,9-10,18H2,1-3H3. The zero-order chi connectivity index (χ0) is 14.3. The molecule has 3 heteroatoms. The molecule has 1 rings (SSSR count). The third-order valence-electron chi connectivity index (χ3n) is 3.41. The lowest BCUT2D eigenvalue weighted by Gasteiger charge is -2.19. The van der Waals surface area contributed by atoms with Crippen molar-refractivity contribution in [2.24, 2.45) is 5.73 Å². The van der Waals surface area contributed by atoms with Gasteiger partial charge in [0.1, 0.15) is 11.3 Å². The quantitative estimate of drug-likeness (QED) is 0.762. The van der Waals surface area contributed by atoms with Crippen LogP contribution in [0.2, 0.25) is 0 Å². The van der Waals surface area contributed by atoms with Crippen molar-refractivity contribution in [1.82, 2.24) is 0 Å². The SMILES string of the molecule is CCC(N)(C#N)CCCOc1cccc(C(C)C)c1. The maximum atomic E-state index is 8.98. The highest BCUT2D eigenvalue weighted by Gasteiger charge is 2.21. The van der Waals surface area contributed by atoms with Crippen LogP contribution in [0.15, 0.2) is 24.3 Å². The first kappa shape index (κ1) is 15.5. The normalized spacial score (nSPS) is 13.9. The molecular weight excluding hydrogens is 236 g/mol. The van der Waals surface area contributed by atoms with Crippen molar-refractivity contribution in [3.8, 4) is 11.8 Å². The number of hydrogen-bond acceptors (Lipinski definition) is 3. The summed E-state index contributed by atoms with van der Waals surface area (Å²) in [5.41, 5.74) is 6.49. The van der Waals surface area contributed by atoms with Crippen LogP contribution in [0, 0.1) is 11.3 Å². The zero-order valence-electron chi connectivity index (χ0n) is 12.1. The molecule has 104 valence electrons. The highest BCUT2D eigenvalue weighted by atomic mass is 16.5. The molecule has 1 aromatic carbocycles. The van der Waals surface area contributed by atoms with Crippen molar-refractivity contribution in [2.75, 3.05) is 6.61 Å². The lowest BCUT2D eigenvalue weighted by molar-refractivity contribution is 0.291. The smallest absolute Gasteiger partial charge is 0.119 e. The molecule has 0 bridgehead atoms. The van der Waals surface area contributed by atoms with Crippen molar-refractivity contribution in [3.63, 3.8) is 0 Å². The molecule has 1 unspecified atom stereocenters. The molecule has 0 aliphatic heterocycles. The van der Waals surface area contributed by atoms with Crippen LogP contribution in [0.5, 0.6) is 5.75 Å². The summed E-state index contributed by atoms with van der Waals surface area (Å²) in [4.78, 5) is 0. The molecule has 0 radical (unpaired) electrons. The Kier molecular flexibility index (Phi) is 5.85. The lowest BCUT2D eigenvalue weighted by Crippen LogP contribution is -2.37. The van der Waals surface area contributed by atoms with Crippen LogP contribution < -0.4 is 10.5 Å². The lowest BCUT2D eigenvalue weighted by atomic mass is 9.94. The van der Waals surface area contributed by atoms with E-state index in [2.05, 4.69) is 32.0 Å². The molecule has 19 heavy (non-hydrogen) atoms. The Labute approximate surface area is 116 Å². The molecule has 2 N–H and O–H groups in total. The number of benzene rings is 1. The second-order valence-electron chi connectivity index (χ2n) is 5.30. The van der Waals surface area contributed by atoms with E-state index in [4.69, 9.17) is 15.7 Å². The minimum Gasteiger partial charge on any atom is -0.494 e. The molecule has 0 saturated carbocycles. The van der Waals surface area contributed by atoms with E-state index in [0.29, 0.717) is 25.4 Å². The number of nitrogens with zero attached hydrogens (tertiary/aromatic N) is 1. The Morgan fingerprint density at radius 3 is 2.74 bits per heavy atom. The van der Waals surface area contributed by atoms with Gasteiger partial charge in [0.15, 0.2) is 0 Å². The van der Waals surface area contributed by atoms with Crippen LogP contribution in [0.3, 0.4) is 0 Å². The summed E-state index contributed by atoms with van der Waals surface area (Å²) < 4.78 is 5.72. The maximum absolute atomic E-state index is 8.98. The van der Waals surface area contributed by atoms with E-state index in [1.807, 2.05) is 19.1 Å². The number of ether oxygens (including phenoxy) is 1. The summed E-state index contributed by atoms with van der Waals surface area (Å²) in [6.07, 6.45) is 2.14. The minimum absolute atomic E-state index is 0.499. The third-order valence-corrected chi connectivity index (χ3v) is 3.41. The van der Waals surface area contributed by atoms with Gasteiger partial charge >= 0.3 is 0 Å². The van der Waals surface area contributed by atoms with Gasteiger partial charge in [-0.1, -0.05) is 32.9 Å². The predicted octanol–water partition coefficient (Wildman–Crippen LogP) is 3.60. The highest BCUT2D eigenvalue weighted by molar-refractivity contribution is 5.30. The summed E-state index contributed by atoms with van der Waals surface area (Å²) >= 11 is 0. The fourth-order valence-electron chi connectivity index (χ4n) is 1.85. The van der Waals surface area contributed by atoms with Gasteiger partial charge in [-0.2, -0.15) is 5.26 Å². The molecule has 0 amide bonds. The van der Waals surface area contributed by atoms with Crippen molar-refractivity contribution in [2.45, 2.75) is 51.5 Å². The summed E-state index contributed by atoms with van der Waals surface area (Å²) in [7, 11) is 0. The maximum Gasteiger partial charge on any atom is 0.119 e. The first-order chi connectivity index (χ1) is 9.00. The average Bonchev–Trinajstić information content (AvgIpc) is 2.43. The molecule has 0 aliphatic rings. The molecule has 0 saturated heterocycles. The van der Waals surface area contributed by atoms with Crippen LogP contribution in [-0.2, 0) is 0 Å². The highest BCUT2D eigenvalue weighted by Crippen LogP contribution is 2.20. The topological polar surface area (TPSA) is 59.0 Å². The molecule has 1 atom stereocenters. The van der Waals surface area contributed by atoms with Gasteiger partial charge in [-0.25, -0.2) is 0 Å². The van der Waals surface area contributed by atoms with E-state index >= 15 is 0 Å². The largest absolute Gasteiger partial charge is 0.494 e. The van der Waals surface area contributed by atoms with E-state index < -0.39 is 5.54 Å². The van der Waals surface area contributed by atoms with Crippen LogP contribution in [-0.4, -0.2) is 12.1 Å². The van der Waals surface area contributed by atoms with Gasteiger partial charge < -0.3 is 10.5 Å². The van der Waals surface area contributed by atoms with E-state index in [1.54, 1.807) is 0 Å². The molecule has 1 aromatic rings. The molecule has 0 heterocycles. The van der Waals surface area contributed by atoms with E-state index in [1.165, 1.54) is 5.56 Å². The molecule has 0 fully saturated rings. The van der Waals surface area contributed by atoms with Gasteiger partial charge in [-0.05, 0) is 42.9 Å². The first-order valence-corrected chi connectivity index (χ1v) is 6.93. The monoisotopic (exact) mass is 260 g/mol. The summed E-state index contributed by atoms with van der Waals surface area (Å²) in [6.45, 7) is 6.87. The Balaban J connectivity index is 2.42. The Hall–Kier alpha value is -1.53. The average molecular weight is 260 g/mol. The van der Waals surface area contributed by atoms with Gasteiger partial charge in [-0.15, -0.1) is 0 Å². The van der Waals surface area contributed by atoms with Crippen LogP contribution in [0.25, 0.3) is 0 Å². The van der Waals surface area contributed by atoms with Gasteiger partial charge in [-0.3, -0.25) is 0 Å². The zero-order valence-corrected chi connectivity index (χ0v) is 12.1. The molecule has 0 aliphatic carbocycles. The van der Waals surface area contributed by atoms with Gasteiger partial charge in [0, 0.05) is 0 Å². The van der Waals surface area contributed by atoms with Gasteiger partial charge in [0.2, 0.25) is 0 Å². The van der Waals surface area contributed by atoms with Gasteiger partial charge in [0.05, 0.1) is 12.7 Å². The Bertz CT molecular complexity index is 437. The van der Waals surface area contributed by atoms with Crippen LogP contribution >= 0.6 is 0 Å². The Morgan fingerprint density at radius 2 is 2.16 bits per heavy atom. The number of hydrogen-bond donors (Lipinski definition) is 1. The fraction of sp³-hybridized carbons (Fsp3) is 0.562. The second kappa shape index (κ2) is 7.16. The van der Waals surface area contributed by atoms with Crippen molar-refractivity contribution in [3.05, 3.63) is 29.8 Å². The van der Waals surface area contributed by atoms with Crippen molar-refractivity contribution >= 4 is 0 Å². The number of rotatable bonds is 7. The molecular formula is C16H24N2O. The number of nitrogens with two attached hydrogens (primary N) is 1. The second-order valence-corrected chi connectivity index (χ2v) is 5.30. The predicted molar refractivity (Wildman–Crippen MR) is 78.1 cm³/mol. The van der Waals surface area contributed by atoms with Crippen LogP contribution in [0.4, 0.5) is 0 Å². The Morgan fingerprint density at radius 1 is 1.42 bits per heavy atom. The third kappa shape index (κ3) is 4.92. The van der Waals surface area contributed by atoms with Crippen LogP contribution in [0.1, 0.15) is 51.5 Å². The van der Waals surface area contributed by atoms with E-state index in [-0.39, 0.29) is 0 Å². The minimum atomic E-state index is -0.705. The molecule has 3 nitrogen and oxygen atoms in total. The summed E-state index contributed by atoms with van der Waals surface area (Å²) in [5.74, 6) is 1.39. The fourth-order valence-corrected chi connectivity index (χ4v) is 1.85. The molecule has 0 aromatic heterocycles. The van der Waals surface area contributed by atoms with E-state index in [0.717, 1.165) is 12.2 Å². The van der Waals surface area contributed by atoms with Crippen molar-refractivity contribution in [1.29, 1.82) is 5.26 Å². The summed E-state index contributed by atoms with van der Waals surface area (Å²) in [5, 5.41) is 8.98. The first-order valence-electron chi connectivity index (χ1n) is 6.93. The van der Waals surface area contributed by atoms with Crippen molar-refractivity contribution < 1.29 is 4.74 Å². The number of nitriles is 1. The van der Waals surface area contributed by atoms with Gasteiger partial charge in [0.25, 0.3) is 0 Å².